The first-order chi connectivity index (χ1) is 20.1. The van der Waals surface area contributed by atoms with Crippen LogP contribution < -0.4 is 0 Å². The highest BCUT2D eigenvalue weighted by atomic mass is 14.8. The van der Waals surface area contributed by atoms with Gasteiger partial charge in [-0.1, -0.05) is 98.8 Å². The molecule has 0 amide bonds. The van der Waals surface area contributed by atoms with Gasteiger partial charge in [0.25, 0.3) is 0 Å². The normalized spacial score (nSPS) is 13.3. The van der Waals surface area contributed by atoms with Crippen LogP contribution in [0.15, 0.2) is 122 Å². The summed E-state index contributed by atoms with van der Waals surface area (Å²) in [6, 6.07) is 36.6. The lowest BCUT2D eigenvalue weighted by molar-refractivity contribution is 0.660. The average Bonchev–Trinajstić information content (AvgIpc) is 3.27. The number of benzene rings is 4. The summed E-state index contributed by atoms with van der Waals surface area (Å²) in [6.45, 7) is 4.63. The molecule has 3 heterocycles. The molecule has 8 rings (SSSR count). The molecule has 0 N–H and O–H groups in total. The van der Waals surface area contributed by atoms with Crippen molar-refractivity contribution in [2.24, 2.45) is 0 Å². The van der Waals surface area contributed by atoms with E-state index in [2.05, 4.69) is 127 Å². The van der Waals surface area contributed by atoms with E-state index in [0.29, 0.717) is 0 Å². The summed E-state index contributed by atoms with van der Waals surface area (Å²) in [7, 11) is 0. The molecule has 0 spiro atoms. The zero-order chi connectivity index (χ0) is 27.6. The molecule has 0 unspecified atom stereocenters. The number of pyridine rings is 2. The van der Waals surface area contributed by atoms with E-state index in [-0.39, 0.29) is 5.41 Å². The third kappa shape index (κ3) is 3.75. The first kappa shape index (κ1) is 23.6. The Balaban J connectivity index is 1.22. The zero-order valence-electron chi connectivity index (χ0n) is 22.8. The maximum absolute atomic E-state index is 5.21. The molecule has 7 aromatic rings. The zero-order valence-corrected chi connectivity index (χ0v) is 22.8. The molecule has 1 aliphatic carbocycles. The van der Waals surface area contributed by atoms with Crippen LogP contribution in [0.25, 0.3) is 66.7 Å². The fraction of sp³-hybridized carbons (Fsp3) is 0.0811. The van der Waals surface area contributed by atoms with Crippen molar-refractivity contribution < 1.29 is 0 Å². The maximum atomic E-state index is 5.21. The SMILES string of the molecule is CC1(C)c2ccccc2-c2ccc(-c3ccc4ccc5ccc(-c6ccc(-c7cnccn7)cc6)nc5c4n3)cc21. The lowest BCUT2D eigenvalue weighted by Crippen LogP contribution is -2.14. The molecule has 194 valence electrons. The number of rotatable bonds is 3. The monoisotopic (exact) mass is 526 g/mol. The summed E-state index contributed by atoms with van der Waals surface area (Å²) in [5, 5.41) is 2.16. The maximum Gasteiger partial charge on any atom is 0.0972 e. The Morgan fingerprint density at radius 2 is 1.10 bits per heavy atom. The first-order valence-corrected chi connectivity index (χ1v) is 13.9. The van der Waals surface area contributed by atoms with E-state index >= 15 is 0 Å². The molecule has 4 aromatic carbocycles. The molecule has 0 aliphatic heterocycles. The molecule has 0 atom stereocenters. The fourth-order valence-electron chi connectivity index (χ4n) is 6.21. The Labute approximate surface area is 238 Å². The summed E-state index contributed by atoms with van der Waals surface area (Å²) in [4.78, 5) is 18.9. The van der Waals surface area contributed by atoms with Gasteiger partial charge in [-0.15, -0.1) is 0 Å². The Morgan fingerprint density at radius 3 is 1.78 bits per heavy atom. The Hall–Kier alpha value is -5.22. The molecular weight excluding hydrogens is 500 g/mol. The topological polar surface area (TPSA) is 51.6 Å². The fourth-order valence-corrected chi connectivity index (χ4v) is 6.21. The third-order valence-electron chi connectivity index (χ3n) is 8.44. The van der Waals surface area contributed by atoms with Gasteiger partial charge in [0.05, 0.1) is 34.3 Å². The van der Waals surface area contributed by atoms with Crippen LogP contribution in [-0.4, -0.2) is 19.9 Å². The summed E-state index contributed by atoms with van der Waals surface area (Å²) in [6.07, 6.45) is 5.17. The van der Waals surface area contributed by atoms with E-state index in [1.54, 1.807) is 18.6 Å². The lowest BCUT2D eigenvalue weighted by Gasteiger charge is -2.21. The van der Waals surface area contributed by atoms with Crippen molar-refractivity contribution in [2.45, 2.75) is 19.3 Å². The highest BCUT2D eigenvalue weighted by molar-refractivity contribution is 6.04. The van der Waals surface area contributed by atoms with Crippen LogP contribution in [-0.2, 0) is 5.41 Å². The second kappa shape index (κ2) is 8.90. The van der Waals surface area contributed by atoms with E-state index in [1.807, 2.05) is 0 Å². The van der Waals surface area contributed by atoms with Crippen molar-refractivity contribution in [1.82, 2.24) is 19.9 Å². The number of fused-ring (bicyclic) bond motifs is 6. The Morgan fingerprint density at radius 1 is 0.512 bits per heavy atom. The van der Waals surface area contributed by atoms with E-state index in [4.69, 9.17) is 9.97 Å². The largest absolute Gasteiger partial charge is 0.261 e. The van der Waals surface area contributed by atoms with Gasteiger partial charge in [-0.05, 0) is 40.5 Å². The highest BCUT2D eigenvalue weighted by Crippen LogP contribution is 2.49. The van der Waals surface area contributed by atoms with Crippen molar-refractivity contribution in [1.29, 1.82) is 0 Å². The molecule has 3 aromatic heterocycles. The number of nitrogens with zero attached hydrogens (tertiary/aromatic N) is 4. The van der Waals surface area contributed by atoms with Crippen LogP contribution in [0.4, 0.5) is 0 Å². The van der Waals surface area contributed by atoms with Gasteiger partial charge in [0, 0.05) is 45.3 Å². The number of hydrogen-bond donors (Lipinski definition) is 0. The smallest absolute Gasteiger partial charge is 0.0972 e. The molecule has 0 bridgehead atoms. The predicted molar refractivity (Wildman–Crippen MR) is 167 cm³/mol. The molecule has 4 nitrogen and oxygen atoms in total. The van der Waals surface area contributed by atoms with Crippen molar-refractivity contribution in [3.8, 4) is 44.9 Å². The summed E-state index contributed by atoms with van der Waals surface area (Å²) in [5.74, 6) is 0. The van der Waals surface area contributed by atoms with Gasteiger partial charge in [0.2, 0.25) is 0 Å². The van der Waals surface area contributed by atoms with Crippen molar-refractivity contribution >= 4 is 21.8 Å². The molecule has 0 saturated carbocycles. The molecule has 0 radical (unpaired) electrons. The molecule has 4 heteroatoms. The lowest BCUT2D eigenvalue weighted by atomic mass is 9.82. The molecule has 0 saturated heterocycles. The van der Waals surface area contributed by atoms with Crippen LogP contribution >= 0.6 is 0 Å². The first-order valence-electron chi connectivity index (χ1n) is 13.9. The van der Waals surface area contributed by atoms with Crippen LogP contribution in [0.2, 0.25) is 0 Å². The highest BCUT2D eigenvalue weighted by Gasteiger charge is 2.35. The van der Waals surface area contributed by atoms with E-state index in [9.17, 15) is 0 Å². The Bertz CT molecular complexity index is 2110. The van der Waals surface area contributed by atoms with E-state index in [1.165, 1.54) is 22.3 Å². The van der Waals surface area contributed by atoms with Gasteiger partial charge in [-0.3, -0.25) is 9.97 Å². The van der Waals surface area contributed by atoms with Gasteiger partial charge in [-0.25, -0.2) is 9.97 Å². The average molecular weight is 527 g/mol. The number of hydrogen-bond acceptors (Lipinski definition) is 4. The second-order valence-corrected chi connectivity index (χ2v) is 11.2. The van der Waals surface area contributed by atoms with Crippen LogP contribution in [0, 0.1) is 0 Å². The van der Waals surface area contributed by atoms with Gasteiger partial charge in [0.15, 0.2) is 0 Å². The van der Waals surface area contributed by atoms with Gasteiger partial charge in [0.1, 0.15) is 0 Å². The number of aromatic nitrogens is 4. The standard InChI is InChI=1S/C37H26N4/c1-37(2)30-6-4-3-5-28(30)29-16-13-27(21-31(29)37)33-18-15-26-12-11-25-14-17-32(40-35(25)36(26)41-33)23-7-9-24(10-8-23)34-22-38-19-20-39-34/h3-22H,1-2H3. The van der Waals surface area contributed by atoms with Crippen molar-refractivity contribution in [3.05, 3.63) is 133 Å². The molecule has 1 aliphatic rings. The van der Waals surface area contributed by atoms with E-state index < -0.39 is 0 Å². The van der Waals surface area contributed by atoms with Crippen LogP contribution in [0.5, 0.6) is 0 Å². The van der Waals surface area contributed by atoms with Gasteiger partial charge < -0.3 is 0 Å². The third-order valence-corrected chi connectivity index (χ3v) is 8.44. The van der Waals surface area contributed by atoms with Crippen molar-refractivity contribution in [3.63, 3.8) is 0 Å². The molecule has 41 heavy (non-hydrogen) atoms. The van der Waals surface area contributed by atoms with Gasteiger partial charge in [-0.2, -0.15) is 0 Å². The van der Waals surface area contributed by atoms with Crippen LogP contribution in [0.3, 0.4) is 0 Å². The summed E-state index contributed by atoms with van der Waals surface area (Å²) < 4.78 is 0. The summed E-state index contributed by atoms with van der Waals surface area (Å²) >= 11 is 0. The molecular formula is C37H26N4. The van der Waals surface area contributed by atoms with Crippen LogP contribution in [0.1, 0.15) is 25.0 Å². The Kier molecular flexibility index (Phi) is 5.13. The predicted octanol–water partition coefficient (Wildman–Crippen LogP) is 8.88. The minimum Gasteiger partial charge on any atom is -0.261 e. The van der Waals surface area contributed by atoms with Crippen molar-refractivity contribution in [2.75, 3.05) is 0 Å². The quantitative estimate of drug-likeness (QED) is 0.216. The van der Waals surface area contributed by atoms with Gasteiger partial charge >= 0.3 is 0 Å². The minimum atomic E-state index is -0.0510. The minimum absolute atomic E-state index is 0.0510. The molecule has 0 fully saturated rings. The summed E-state index contributed by atoms with van der Waals surface area (Å²) in [5.41, 5.74) is 13.1. The van der Waals surface area contributed by atoms with E-state index in [0.717, 1.165) is 55.6 Å². The second-order valence-electron chi connectivity index (χ2n) is 11.2.